The molecule has 2 amide bonds. The smallest absolute Gasteiger partial charge is 0.410 e. The van der Waals surface area contributed by atoms with Crippen LogP contribution in [0.4, 0.5) is 9.59 Å². The number of amides is 2. The Morgan fingerprint density at radius 2 is 1.45 bits per heavy atom. The topological polar surface area (TPSA) is 91.7 Å². The van der Waals surface area contributed by atoms with Crippen molar-refractivity contribution in [1.82, 2.24) is 10.2 Å². The Labute approximate surface area is 181 Å². The molecule has 2 aliphatic rings. The molecule has 2 bridgehead atoms. The first kappa shape index (κ1) is 20.7. The summed E-state index contributed by atoms with van der Waals surface area (Å²) in [6.45, 7) is 0.349. The monoisotopic (exact) mass is 419 g/mol. The Kier molecular flexibility index (Phi) is 6.08. The number of nitrogens with one attached hydrogen (secondary N) is 1. The van der Waals surface area contributed by atoms with Crippen LogP contribution in [0.5, 0.6) is 0 Å². The molecule has 7 heteroatoms. The minimum Gasteiger partial charge on any atom is -0.445 e. The van der Waals surface area contributed by atoms with E-state index in [9.17, 15) is 14.9 Å². The summed E-state index contributed by atoms with van der Waals surface area (Å²) in [6, 6.07) is 20.9. The molecule has 7 nitrogen and oxygen atoms in total. The third-order valence-electron chi connectivity index (χ3n) is 5.97. The molecule has 2 aromatic rings. The molecule has 0 saturated carbocycles. The second-order valence-electron chi connectivity index (χ2n) is 8.12. The normalized spacial score (nSPS) is 24.2. The number of carbonyl (C=O) groups is 2. The van der Waals surface area contributed by atoms with Gasteiger partial charge in [-0.15, -0.1) is 0 Å². The highest BCUT2D eigenvalue weighted by atomic mass is 16.6. The minimum atomic E-state index is -1.05. The van der Waals surface area contributed by atoms with E-state index in [-0.39, 0.29) is 31.4 Å². The van der Waals surface area contributed by atoms with Crippen molar-refractivity contribution in [2.24, 2.45) is 0 Å². The van der Waals surface area contributed by atoms with Crippen LogP contribution < -0.4 is 5.32 Å². The number of nitrogens with zero attached hydrogens (tertiary/aromatic N) is 2. The lowest BCUT2D eigenvalue weighted by Crippen LogP contribution is -2.59. The van der Waals surface area contributed by atoms with E-state index in [1.54, 1.807) is 4.90 Å². The second-order valence-corrected chi connectivity index (χ2v) is 8.12. The van der Waals surface area contributed by atoms with E-state index in [1.807, 2.05) is 60.7 Å². The number of piperidine rings is 1. The van der Waals surface area contributed by atoms with Crippen LogP contribution in [0.25, 0.3) is 0 Å². The highest BCUT2D eigenvalue weighted by Crippen LogP contribution is 2.41. The molecule has 2 heterocycles. The molecule has 31 heavy (non-hydrogen) atoms. The first-order valence-electron chi connectivity index (χ1n) is 10.5. The van der Waals surface area contributed by atoms with Gasteiger partial charge in [0.2, 0.25) is 0 Å². The van der Waals surface area contributed by atoms with Gasteiger partial charge in [-0.05, 0) is 24.0 Å². The Morgan fingerprint density at radius 3 is 1.97 bits per heavy atom. The average Bonchev–Trinajstić information content (AvgIpc) is 3.09. The number of ether oxygens (including phenoxy) is 2. The van der Waals surface area contributed by atoms with Crippen LogP contribution in [0.2, 0.25) is 0 Å². The number of fused-ring (bicyclic) bond motifs is 2. The van der Waals surface area contributed by atoms with Gasteiger partial charge in [-0.1, -0.05) is 60.7 Å². The molecule has 0 aliphatic carbocycles. The fourth-order valence-electron chi connectivity index (χ4n) is 4.52. The van der Waals surface area contributed by atoms with Gasteiger partial charge in [-0.25, -0.2) is 9.59 Å². The predicted molar refractivity (Wildman–Crippen MR) is 113 cm³/mol. The summed E-state index contributed by atoms with van der Waals surface area (Å²) in [4.78, 5) is 26.8. The highest BCUT2D eigenvalue weighted by Gasteiger charge is 2.52. The van der Waals surface area contributed by atoms with Gasteiger partial charge in [-0.2, -0.15) is 5.26 Å². The molecular weight excluding hydrogens is 394 g/mol. The van der Waals surface area contributed by atoms with Gasteiger partial charge in [0, 0.05) is 24.9 Å². The Balaban J connectivity index is 1.34. The zero-order valence-electron chi connectivity index (χ0n) is 17.2. The van der Waals surface area contributed by atoms with E-state index in [0.29, 0.717) is 12.8 Å². The van der Waals surface area contributed by atoms with Crippen LogP contribution >= 0.6 is 0 Å². The summed E-state index contributed by atoms with van der Waals surface area (Å²) in [5.74, 6) is 0. The molecule has 2 atom stereocenters. The Bertz CT molecular complexity index is 944. The highest BCUT2D eigenvalue weighted by molar-refractivity contribution is 5.71. The SMILES string of the molecule is N#CC1(NC(=O)OCc2ccccc2)CC2CCC(C1)N2C(=O)OCc1ccccc1. The summed E-state index contributed by atoms with van der Waals surface area (Å²) in [5.41, 5.74) is 0.754. The molecule has 0 spiro atoms. The number of hydrogen-bond donors (Lipinski definition) is 1. The van der Waals surface area contributed by atoms with Crippen molar-refractivity contribution in [2.75, 3.05) is 0 Å². The third kappa shape index (κ3) is 4.80. The number of nitriles is 1. The molecule has 2 saturated heterocycles. The zero-order valence-corrected chi connectivity index (χ0v) is 17.2. The molecule has 0 radical (unpaired) electrons. The lowest BCUT2D eigenvalue weighted by atomic mass is 9.84. The lowest BCUT2D eigenvalue weighted by Gasteiger charge is -2.42. The third-order valence-corrected chi connectivity index (χ3v) is 5.97. The summed E-state index contributed by atoms with van der Waals surface area (Å²) >= 11 is 0. The first-order valence-corrected chi connectivity index (χ1v) is 10.5. The standard InChI is InChI=1S/C24H25N3O4/c25-17-24(26-22(28)30-15-18-7-3-1-4-8-18)13-20-11-12-21(14-24)27(20)23(29)31-16-19-9-5-2-6-10-19/h1-10,20-21H,11-16H2,(H,26,28). The van der Waals surface area contributed by atoms with Gasteiger partial charge in [0.25, 0.3) is 0 Å². The van der Waals surface area contributed by atoms with Crippen molar-refractivity contribution in [3.63, 3.8) is 0 Å². The molecule has 160 valence electrons. The number of benzene rings is 2. The van der Waals surface area contributed by atoms with E-state index in [1.165, 1.54) is 0 Å². The zero-order chi connectivity index (χ0) is 21.7. The molecule has 2 aliphatic heterocycles. The largest absolute Gasteiger partial charge is 0.445 e. The van der Waals surface area contributed by atoms with Crippen molar-refractivity contribution >= 4 is 12.2 Å². The molecule has 2 aromatic carbocycles. The van der Waals surface area contributed by atoms with Gasteiger partial charge >= 0.3 is 12.2 Å². The minimum absolute atomic E-state index is 0.138. The van der Waals surface area contributed by atoms with Crippen LogP contribution in [-0.2, 0) is 22.7 Å². The van der Waals surface area contributed by atoms with E-state index in [0.717, 1.165) is 24.0 Å². The molecular formula is C24H25N3O4. The van der Waals surface area contributed by atoms with Crippen LogP contribution in [-0.4, -0.2) is 34.7 Å². The Hall–Kier alpha value is -3.53. The van der Waals surface area contributed by atoms with Gasteiger partial charge < -0.3 is 19.7 Å². The van der Waals surface area contributed by atoms with Crippen LogP contribution in [0, 0.1) is 11.3 Å². The van der Waals surface area contributed by atoms with E-state index in [4.69, 9.17) is 9.47 Å². The van der Waals surface area contributed by atoms with Crippen molar-refractivity contribution in [2.45, 2.75) is 56.5 Å². The van der Waals surface area contributed by atoms with E-state index in [2.05, 4.69) is 11.4 Å². The fraction of sp³-hybridized carbons (Fsp3) is 0.375. The van der Waals surface area contributed by atoms with Crippen LogP contribution in [0.1, 0.15) is 36.8 Å². The van der Waals surface area contributed by atoms with Crippen molar-refractivity contribution < 1.29 is 19.1 Å². The van der Waals surface area contributed by atoms with E-state index < -0.39 is 11.6 Å². The maximum absolute atomic E-state index is 12.7. The molecule has 1 N–H and O–H groups in total. The van der Waals surface area contributed by atoms with Gasteiger partial charge in [0.05, 0.1) is 6.07 Å². The van der Waals surface area contributed by atoms with Gasteiger partial charge in [-0.3, -0.25) is 0 Å². The molecule has 0 aromatic heterocycles. The number of alkyl carbamates (subject to hydrolysis) is 1. The summed E-state index contributed by atoms with van der Waals surface area (Å²) in [5, 5.41) is 12.6. The van der Waals surface area contributed by atoms with Gasteiger partial charge in [0.1, 0.15) is 18.8 Å². The fourth-order valence-corrected chi connectivity index (χ4v) is 4.52. The summed E-state index contributed by atoms with van der Waals surface area (Å²) < 4.78 is 10.8. The quantitative estimate of drug-likeness (QED) is 0.786. The summed E-state index contributed by atoms with van der Waals surface area (Å²) in [6.07, 6.45) is 1.31. The van der Waals surface area contributed by atoms with Crippen LogP contribution in [0.3, 0.4) is 0 Å². The van der Waals surface area contributed by atoms with Gasteiger partial charge in [0.15, 0.2) is 0 Å². The second kappa shape index (κ2) is 9.09. The maximum atomic E-state index is 12.7. The lowest BCUT2D eigenvalue weighted by molar-refractivity contribution is 0.0475. The maximum Gasteiger partial charge on any atom is 0.410 e. The summed E-state index contributed by atoms with van der Waals surface area (Å²) in [7, 11) is 0. The Morgan fingerprint density at radius 1 is 0.935 bits per heavy atom. The first-order chi connectivity index (χ1) is 15.1. The van der Waals surface area contributed by atoms with E-state index >= 15 is 0 Å². The molecule has 4 rings (SSSR count). The van der Waals surface area contributed by atoms with Crippen molar-refractivity contribution in [1.29, 1.82) is 5.26 Å². The van der Waals surface area contributed by atoms with Crippen molar-refractivity contribution in [3.8, 4) is 6.07 Å². The molecule has 2 fully saturated rings. The van der Waals surface area contributed by atoms with Crippen LogP contribution in [0.15, 0.2) is 60.7 Å². The number of hydrogen-bond acceptors (Lipinski definition) is 5. The number of rotatable bonds is 5. The van der Waals surface area contributed by atoms with Crippen molar-refractivity contribution in [3.05, 3.63) is 71.8 Å². The molecule has 2 unspecified atom stereocenters. The number of carbonyl (C=O) groups excluding carboxylic acids is 2. The predicted octanol–water partition coefficient (Wildman–Crippen LogP) is 4.14. The average molecular weight is 419 g/mol.